The lowest BCUT2D eigenvalue weighted by Gasteiger charge is -2.31. The van der Waals surface area contributed by atoms with Gasteiger partial charge in [0.1, 0.15) is 6.23 Å². The van der Waals surface area contributed by atoms with Crippen LogP contribution in [0.3, 0.4) is 0 Å². The second-order valence-corrected chi connectivity index (χ2v) is 5.51. The van der Waals surface area contributed by atoms with Crippen molar-refractivity contribution in [1.29, 1.82) is 0 Å². The zero-order chi connectivity index (χ0) is 17.6. The fourth-order valence-corrected chi connectivity index (χ4v) is 3.23. The average molecular weight is 327 g/mol. The van der Waals surface area contributed by atoms with Gasteiger partial charge in [-0.2, -0.15) is 0 Å². The Balaban J connectivity index is 0.00000127. The van der Waals surface area contributed by atoms with Crippen molar-refractivity contribution in [2.75, 3.05) is 20.3 Å². The van der Waals surface area contributed by atoms with Gasteiger partial charge >= 0.3 is 5.97 Å². The number of methoxy groups -OCH3 is 1. The maximum atomic E-state index is 12.7. The number of aliphatic hydroxyl groups is 1. The van der Waals surface area contributed by atoms with Crippen molar-refractivity contribution < 1.29 is 24.2 Å². The first kappa shape index (κ1) is 19.6. The van der Waals surface area contributed by atoms with Crippen molar-refractivity contribution in [3.05, 3.63) is 11.1 Å². The number of rotatable bonds is 6. The van der Waals surface area contributed by atoms with E-state index in [1.54, 1.807) is 6.92 Å². The average Bonchev–Trinajstić information content (AvgIpc) is 3.06. The van der Waals surface area contributed by atoms with Gasteiger partial charge in [0.2, 0.25) is 0 Å². The van der Waals surface area contributed by atoms with Gasteiger partial charge in [-0.05, 0) is 25.3 Å². The monoisotopic (exact) mass is 327 g/mol. The van der Waals surface area contributed by atoms with E-state index >= 15 is 0 Å². The maximum Gasteiger partial charge on any atom is 0.338 e. The molecule has 0 bridgehead atoms. The van der Waals surface area contributed by atoms with E-state index in [1.165, 1.54) is 12.0 Å². The highest BCUT2D eigenvalue weighted by Crippen LogP contribution is 2.44. The second kappa shape index (κ2) is 8.45. The highest BCUT2D eigenvalue weighted by molar-refractivity contribution is 6.06. The first-order chi connectivity index (χ1) is 11.0. The number of carbonyl (C=O) groups excluding carboxylic acids is 2. The Labute approximate surface area is 138 Å². The van der Waals surface area contributed by atoms with Crippen molar-refractivity contribution >= 4 is 11.9 Å². The minimum Gasteiger partial charge on any atom is -0.467 e. The van der Waals surface area contributed by atoms with Crippen LogP contribution in [0.25, 0.3) is 0 Å². The molecule has 132 valence electrons. The summed E-state index contributed by atoms with van der Waals surface area (Å²) in [6.45, 7) is 7.82. The Morgan fingerprint density at radius 1 is 1.48 bits per heavy atom. The third-order valence-corrected chi connectivity index (χ3v) is 4.42. The summed E-state index contributed by atoms with van der Waals surface area (Å²) in [5.74, 6) is -0.689. The van der Waals surface area contributed by atoms with E-state index in [0.717, 1.165) is 12.8 Å². The summed E-state index contributed by atoms with van der Waals surface area (Å²) in [7, 11) is 1.32. The molecule has 0 saturated carbocycles. The number of carbonyl (C=O) groups is 2. The quantitative estimate of drug-likeness (QED) is 0.755. The van der Waals surface area contributed by atoms with Gasteiger partial charge in [0.25, 0.3) is 5.91 Å². The van der Waals surface area contributed by atoms with Crippen LogP contribution in [0.5, 0.6) is 0 Å². The van der Waals surface area contributed by atoms with E-state index in [2.05, 4.69) is 6.92 Å². The van der Waals surface area contributed by atoms with Crippen LogP contribution < -0.4 is 0 Å². The fourth-order valence-electron chi connectivity index (χ4n) is 3.23. The number of aliphatic hydroxyl groups excluding tert-OH is 1. The first-order valence-corrected chi connectivity index (χ1v) is 8.39. The molecule has 0 aromatic carbocycles. The Bertz CT molecular complexity index is 474. The van der Waals surface area contributed by atoms with E-state index < -0.39 is 17.7 Å². The van der Waals surface area contributed by atoms with E-state index in [4.69, 9.17) is 14.6 Å². The number of unbranched alkanes of at least 4 members (excludes halogenated alkanes) is 1. The van der Waals surface area contributed by atoms with E-state index in [0.29, 0.717) is 17.6 Å². The molecule has 23 heavy (non-hydrogen) atoms. The molecule has 0 aliphatic carbocycles. The summed E-state index contributed by atoms with van der Waals surface area (Å²) in [5, 5.41) is 9.16. The molecular weight excluding hydrogens is 298 g/mol. The largest absolute Gasteiger partial charge is 0.467 e. The standard InChI is InChI=1S/C15H23NO5.C2H6/c1-4-5-6-12-16-13(18)11(7-8-17)10(2)15(16,9-21-12)14(19)20-3;1-2/h12,17H,4-9H2,1-3H3;1-2H3/t12?,15-;/m1./s1. The highest BCUT2D eigenvalue weighted by Gasteiger charge is 2.62. The van der Waals surface area contributed by atoms with Gasteiger partial charge < -0.3 is 14.6 Å². The van der Waals surface area contributed by atoms with Gasteiger partial charge in [-0.25, -0.2) is 4.79 Å². The number of hydrogen-bond donors (Lipinski definition) is 1. The molecule has 2 atom stereocenters. The van der Waals surface area contributed by atoms with Crippen LogP contribution in [0.4, 0.5) is 0 Å². The number of hydrogen-bond acceptors (Lipinski definition) is 5. The Kier molecular flexibility index (Phi) is 7.22. The van der Waals surface area contributed by atoms with Crippen LogP contribution in [0.2, 0.25) is 0 Å². The fraction of sp³-hybridized carbons (Fsp3) is 0.765. The molecule has 0 spiro atoms. The molecule has 6 heteroatoms. The van der Waals surface area contributed by atoms with Crippen LogP contribution in [0.1, 0.15) is 53.4 Å². The number of ether oxygens (including phenoxy) is 2. The van der Waals surface area contributed by atoms with Gasteiger partial charge in [-0.15, -0.1) is 0 Å². The zero-order valence-electron chi connectivity index (χ0n) is 14.8. The molecule has 0 aromatic heterocycles. The SMILES string of the molecule is CC.CCCCC1OC[C@]2(C(=O)OC)C(C)=C(CCO)C(=O)N12. The van der Waals surface area contributed by atoms with Gasteiger partial charge in [0.05, 0.1) is 13.7 Å². The van der Waals surface area contributed by atoms with Crippen LogP contribution in [-0.4, -0.2) is 54.0 Å². The van der Waals surface area contributed by atoms with Crippen molar-refractivity contribution in [3.63, 3.8) is 0 Å². The molecule has 1 N–H and O–H groups in total. The summed E-state index contributed by atoms with van der Waals surface area (Å²) in [6.07, 6.45) is 2.45. The molecular formula is C17H29NO5. The normalized spacial score (nSPS) is 26.1. The highest BCUT2D eigenvalue weighted by atomic mass is 16.5. The minimum atomic E-state index is -1.14. The summed E-state index contributed by atoms with van der Waals surface area (Å²) < 4.78 is 10.7. The number of amides is 1. The van der Waals surface area contributed by atoms with E-state index in [1.807, 2.05) is 13.8 Å². The molecule has 0 radical (unpaired) electrons. The predicted molar refractivity (Wildman–Crippen MR) is 86.6 cm³/mol. The zero-order valence-corrected chi connectivity index (χ0v) is 14.8. The molecule has 1 unspecified atom stereocenters. The van der Waals surface area contributed by atoms with Gasteiger partial charge in [-0.3, -0.25) is 9.69 Å². The van der Waals surface area contributed by atoms with Crippen molar-refractivity contribution in [3.8, 4) is 0 Å². The van der Waals surface area contributed by atoms with Gasteiger partial charge in [-0.1, -0.05) is 27.2 Å². The van der Waals surface area contributed by atoms with Gasteiger partial charge in [0, 0.05) is 18.6 Å². The molecule has 1 amide bonds. The lowest BCUT2D eigenvalue weighted by atomic mass is 9.91. The predicted octanol–water partition coefficient (Wildman–Crippen LogP) is 2.01. The summed E-state index contributed by atoms with van der Waals surface area (Å²) >= 11 is 0. The molecule has 1 saturated heterocycles. The molecule has 1 fully saturated rings. The van der Waals surface area contributed by atoms with Crippen LogP contribution >= 0.6 is 0 Å². The lowest BCUT2D eigenvalue weighted by molar-refractivity contribution is -0.154. The minimum absolute atomic E-state index is 0.121. The van der Waals surface area contributed by atoms with E-state index in [9.17, 15) is 9.59 Å². The Hall–Kier alpha value is -1.40. The van der Waals surface area contributed by atoms with Crippen molar-refractivity contribution in [1.82, 2.24) is 4.90 Å². The van der Waals surface area contributed by atoms with Crippen molar-refractivity contribution in [2.45, 2.75) is 65.1 Å². The van der Waals surface area contributed by atoms with Crippen LogP contribution in [0, 0.1) is 0 Å². The molecule has 2 aliphatic heterocycles. The smallest absolute Gasteiger partial charge is 0.338 e. The van der Waals surface area contributed by atoms with Crippen LogP contribution in [0.15, 0.2) is 11.1 Å². The summed E-state index contributed by atoms with van der Waals surface area (Å²) in [6, 6.07) is 0. The lowest BCUT2D eigenvalue weighted by Crippen LogP contribution is -2.54. The first-order valence-electron chi connectivity index (χ1n) is 8.39. The van der Waals surface area contributed by atoms with Gasteiger partial charge in [0.15, 0.2) is 5.54 Å². The second-order valence-electron chi connectivity index (χ2n) is 5.51. The molecule has 0 aromatic rings. The van der Waals surface area contributed by atoms with Crippen molar-refractivity contribution in [2.24, 2.45) is 0 Å². The summed E-state index contributed by atoms with van der Waals surface area (Å²) in [4.78, 5) is 26.5. The van der Waals surface area contributed by atoms with Crippen LogP contribution in [-0.2, 0) is 19.1 Å². The number of esters is 1. The molecule has 2 heterocycles. The summed E-state index contributed by atoms with van der Waals surface area (Å²) in [5.41, 5.74) is 0.00877. The molecule has 2 aliphatic rings. The Morgan fingerprint density at radius 2 is 2.13 bits per heavy atom. The third-order valence-electron chi connectivity index (χ3n) is 4.42. The Morgan fingerprint density at radius 3 is 2.65 bits per heavy atom. The number of nitrogens with zero attached hydrogens (tertiary/aromatic N) is 1. The molecule has 6 nitrogen and oxygen atoms in total. The number of fused-ring (bicyclic) bond motifs is 1. The topological polar surface area (TPSA) is 76.1 Å². The third kappa shape index (κ3) is 3.15. The molecule has 2 rings (SSSR count). The maximum absolute atomic E-state index is 12.7. The van der Waals surface area contributed by atoms with E-state index in [-0.39, 0.29) is 25.5 Å².